The van der Waals surface area contributed by atoms with E-state index in [0.717, 1.165) is 12.8 Å². The van der Waals surface area contributed by atoms with Gasteiger partial charge in [0.2, 0.25) is 5.91 Å². The van der Waals surface area contributed by atoms with Crippen molar-refractivity contribution in [3.05, 3.63) is 82.9 Å². The molecule has 3 aromatic carbocycles. The molecule has 3 amide bonds. The van der Waals surface area contributed by atoms with E-state index in [1.54, 1.807) is 32.3 Å². The van der Waals surface area contributed by atoms with Crippen LogP contribution in [0.4, 0.5) is 8.78 Å². The molecular weight excluding hydrogens is 540 g/mol. The maximum absolute atomic E-state index is 15.0. The van der Waals surface area contributed by atoms with Crippen molar-refractivity contribution in [2.45, 2.75) is 31.7 Å². The molecule has 216 valence electrons. The van der Waals surface area contributed by atoms with Crippen LogP contribution in [0.2, 0.25) is 0 Å². The predicted octanol–water partition coefficient (Wildman–Crippen LogP) is 5.56. The van der Waals surface area contributed by atoms with E-state index in [9.17, 15) is 18.8 Å². The summed E-state index contributed by atoms with van der Waals surface area (Å²) in [5.41, 5.74) is 2.41. The third-order valence-electron chi connectivity index (χ3n) is 9.03. The monoisotopic (exact) mass is 571 g/mol. The number of nitrogens with one attached hydrogen (secondary N) is 2. The molecule has 3 aliphatic carbocycles. The first-order chi connectivity index (χ1) is 20.0. The first-order valence-corrected chi connectivity index (χ1v) is 13.9. The summed E-state index contributed by atoms with van der Waals surface area (Å²) in [5.74, 6) is -0.892. The molecule has 0 saturated heterocycles. The number of likely N-dealkylation sites (N-methyl/N-ethyl adjacent to an activating group) is 1. The molecule has 3 fully saturated rings. The molecule has 0 radical (unpaired) electrons. The highest BCUT2D eigenvalue weighted by Crippen LogP contribution is 2.61. The number of furan rings is 1. The molecule has 42 heavy (non-hydrogen) atoms. The lowest BCUT2D eigenvalue weighted by molar-refractivity contribution is -0.127. The summed E-state index contributed by atoms with van der Waals surface area (Å²) in [7, 11) is 4.80. The fourth-order valence-electron chi connectivity index (χ4n) is 6.18. The minimum atomic E-state index is -0.643. The van der Waals surface area contributed by atoms with Crippen molar-refractivity contribution < 1.29 is 27.6 Å². The first-order valence-electron chi connectivity index (χ1n) is 13.9. The number of carbonyl (C=O) groups excluding carboxylic acids is 3. The lowest BCUT2D eigenvalue weighted by atomic mass is 9.43. The van der Waals surface area contributed by atoms with Crippen molar-refractivity contribution in [2.24, 2.45) is 11.8 Å². The maximum atomic E-state index is 15.0. The van der Waals surface area contributed by atoms with Crippen LogP contribution in [0.15, 0.2) is 59.0 Å². The third-order valence-corrected chi connectivity index (χ3v) is 9.03. The van der Waals surface area contributed by atoms with Crippen LogP contribution < -0.4 is 10.6 Å². The lowest BCUT2D eigenvalue weighted by Gasteiger charge is -2.67. The van der Waals surface area contributed by atoms with E-state index in [1.165, 1.54) is 48.3 Å². The van der Waals surface area contributed by atoms with Crippen LogP contribution in [0.1, 0.15) is 46.0 Å². The van der Waals surface area contributed by atoms with Gasteiger partial charge in [0.15, 0.2) is 0 Å². The summed E-state index contributed by atoms with van der Waals surface area (Å²) in [5, 5.41) is 6.16. The molecule has 7 nitrogen and oxygen atoms in total. The topological polar surface area (TPSA) is 91.7 Å². The van der Waals surface area contributed by atoms with Crippen molar-refractivity contribution in [2.75, 3.05) is 21.1 Å². The zero-order chi connectivity index (χ0) is 29.9. The van der Waals surface area contributed by atoms with Gasteiger partial charge < -0.3 is 20.0 Å². The van der Waals surface area contributed by atoms with Crippen molar-refractivity contribution >= 4 is 28.7 Å². The number of hydrogen-bond acceptors (Lipinski definition) is 4. The van der Waals surface area contributed by atoms with Crippen molar-refractivity contribution in [1.82, 2.24) is 15.5 Å². The Kier molecular flexibility index (Phi) is 6.63. The summed E-state index contributed by atoms with van der Waals surface area (Å²) >= 11 is 0. The SMILES string of the molecule is CNC(=O)c1c(-c2ccc(F)cc2)oc2cc(CC(=O)N(C)C)c(-c3ccc(F)c(C(=O)NC45CC(C4)[C@@H]5C)c3)cc12. The van der Waals surface area contributed by atoms with Crippen LogP contribution in [0.3, 0.4) is 0 Å². The van der Waals surface area contributed by atoms with Gasteiger partial charge in [0.25, 0.3) is 11.8 Å². The molecule has 1 atom stereocenters. The molecule has 2 bridgehead atoms. The van der Waals surface area contributed by atoms with Crippen LogP contribution in [0.25, 0.3) is 33.4 Å². The molecule has 1 aromatic heterocycles. The number of amides is 3. The average Bonchev–Trinajstić information content (AvgIpc) is 3.33. The molecule has 0 aliphatic heterocycles. The van der Waals surface area contributed by atoms with E-state index in [4.69, 9.17) is 4.42 Å². The van der Waals surface area contributed by atoms with E-state index in [1.807, 2.05) is 0 Å². The Bertz CT molecular complexity index is 1750. The Morgan fingerprint density at radius 2 is 1.67 bits per heavy atom. The van der Waals surface area contributed by atoms with Crippen molar-refractivity contribution in [3.63, 3.8) is 0 Å². The average molecular weight is 572 g/mol. The maximum Gasteiger partial charge on any atom is 0.255 e. The van der Waals surface area contributed by atoms with Gasteiger partial charge in [-0.15, -0.1) is 0 Å². The zero-order valence-electron chi connectivity index (χ0n) is 23.8. The summed E-state index contributed by atoms with van der Waals surface area (Å²) in [6.07, 6.45) is 1.82. The van der Waals surface area contributed by atoms with Gasteiger partial charge in [-0.05, 0) is 89.9 Å². The second-order valence-electron chi connectivity index (χ2n) is 11.6. The minimum absolute atomic E-state index is 0.00107. The Morgan fingerprint density at radius 1 is 0.976 bits per heavy atom. The fourth-order valence-corrected chi connectivity index (χ4v) is 6.18. The highest BCUT2D eigenvalue weighted by Gasteiger charge is 2.63. The van der Waals surface area contributed by atoms with Crippen LogP contribution in [0.5, 0.6) is 0 Å². The van der Waals surface area contributed by atoms with Gasteiger partial charge in [-0.25, -0.2) is 8.78 Å². The molecule has 2 N–H and O–H groups in total. The zero-order valence-corrected chi connectivity index (χ0v) is 23.8. The number of rotatable bonds is 7. The van der Waals surface area contributed by atoms with Crippen LogP contribution in [-0.4, -0.2) is 49.3 Å². The van der Waals surface area contributed by atoms with Crippen LogP contribution >= 0.6 is 0 Å². The van der Waals surface area contributed by atoms with E-state index >= 15 is 4.39 Å². The van der Waals surface area contributed by atoms with Crippen LogP contribution in [0, 0.1) is 23.5 Å². The molecular formula is C33H31F2N3O4. The van der Waals surface area contributed by atoms with E-state index in [0.29, 0.717) is 45.1 Å². The predicted molar refractivity (Wildman–Crippen MR) is 155 cm³/mol. The van der Waals surface area contributed by atoms with Gasteiger partial charge in [-0.1, -0.05) is 13.0 Å². The number of halogens is 2. The summed E-state index contributed by atoms with van der Waals surface area (Å²) in [6, 6.07) is 13.3. The number of carbonyl (C=O) groups is 3. The second kappa shape index (κ2) is 10.1. The minimum Gasteiger partial charge on any atom is -0.455 e. The largest absolute Gasteiger partial charge is 0.455 e. The highest BCUT2D eigenvalue weighted by atomic mass is 19.1. The Balaban J connectivity index is 1.50. The highest BCUT2D eigenvalue weighted by molar-refractivity contribution is 6.12. The molecule has 4 aromatic rings. The molecule has 3 aliphatic rings. The Morgan fingerprint density at radius 3 is 2.26 bits per heavy atom. The first kappa shape index (κ1) is 27.6. The van der Waals surface area contributed by atoms with Gasteiger partial charge >= 0.3 is 0 Å². The van der Waals surface area contributed by atoms with Gasteiger partial charge in [-0.2, -0.15) is 0 Å². The van der Waals surface area contributed by atoms with E-state index < -0.39 is 23.4 Å². The lowest BCUT2D eigenvalue weighted by Crippen LogP contribution is -2.74. The standard InChI is InChI=1S/C33H31F2N3O4/c1-17-21-15-33(17,16-21)37-31(40)24-11-19(7-10-26(24)35)23-14-25-27(12-20(23)13-28(39)38(3)4)42-30(29(25)32(41)36-2)18-5-8-22(34)9-6-18/h5-12,14,17,21H,13,15-16H2,1-4H3,(H,36,41)(H,37,40)/t17-,21?,33?/m0/s1. The second-order valence-corrected chi connectivity index (χ2v) is 11.6. The van der Waals surface area contributed by atoms with Gasteiger partial charge in [0.1, 0.15) is 23.0 Å². The van der Waals surface area contributed by atoms with E-state index in [-0.39, 0.29) is 34.8 Å². The van der Waals surface area contributed by atoms with Gasteiger partial charge in [0, 0.05) is 37.6 Å². The molecule has 3 saturated carbocycles. The van der Waals surface area contributed by atoms with Crippen molar-refractivity contribution in [3.8, 4) is 22.5 Å². The van der Waals surface area contributed by atoms with Crippen molar-refractivity contribution in [1.29, 1.82) is 0 Å². The van der Waals surface area contributed by atoms with E-state index in [2.05, 4.69) is 17.6 Å². The van der Waals surface area contributed by atoms with Gasteiger partial charge in [0.05, 0.1) is 17.5 Å². The molecule has 1 heterocycles. The third kappa shape index (κ3) is 4.44. The Hall–Kier alpha value is -4.53. The molecule has 7 rings (SSSR count). The molecule has 9 heteroatoms. The smallest absolute Gasteiger partial charge is 0.255 e. The number of benzene rings is 3. The normalized spacial score (nSPS) is 20.4. The fraction of sp³-hybridized carbons (Fsp3) is 0.303. The van der Waals surface area contributed by atoms with Gasteiger partial charge in [-0.3, -0.25) is 14.4 Å². The summed E-state index contributed by atoms with van der Waals surface area (Å²) in [6.45, 7) is 2.10. The van der Waals surface area contributed by atoms with Crippen LogP contribution in [-0.2, 0) is 11.2 Å². The summed E-state index contributed by atoms with van der Waals surface area (Å²) < 4.78 is 34.9. The Labute approximate surface area is 241 Å². The quantitative estimate of drug-likeness (QED) is 0.304. The molecule has 0 spiro atoms. The number of fused-ring (bicyclic) bond motifs is 1. The summed E-state index contributed by atoms with van der Waals surface area (Å²) in [4.78, 5) is 40.7. The number of hydrogen-bond donors (Lipinski definition) is 2. The molecule has 0 unspecified atom stereocenters. The number of nitrogens with zero attached hydrogens (tertiary/aromatic N) is 1.